The predicted molar refractivity (Wildman–Crippen MR) is 134 cm³/mol. The lowest BCUT2D eigenvalue weighted by Crippen LogP contribution is -2.33. The van der Waals surface area contributed by atoms with Crippen LogP contribution in [-0.2, 0) is 18.3 Å². The number of hydrogen-bond acceptors (Lipinski definition) is 6. The lowest BCUT2D eigenvalue weighted by molar-refractivity contribution is -0.136. The molecule has 0 radical (unpaired) electrons. The van der Waals surface area contributed by atoms with Gasteiger partial charge in [-0.2, -0.15) is 0 Å². The molecule has 4 rings (SSSR count). The van der Waals surface area contributed by atoms with Crippen molar-refractivity contribution in [3.8, 4) is 0 Å². The molecule has 0 unspecified atom stereocenters. The largest absolute Gasteiger partial charge is 0.481 e. The van der Waals surface area contributed by atoms with Crippen LogP contribution in [0.3, 0.4) is 0 Å². The van der Waals surface area contributed by atoms with Gasteiger partial charge in [0.25, 0.3) is 5.91 Å². The molecular formula is C25H25N7O3. The van der Waals surface area contributed by atoms with Crippen molar-refractivity contribution in [1.29, 1.82) is 5.41 Å². The highest BCUT2D eigenvalue weighted by atomic mass is 16.4. The number of hydrogen-bond donors (Lipinski definition) is 4. The summed E-state index contributed by atoms with van der Waals surface area (Å²) in [7, 11) is 0. The summed E-state index contributed by atoms with van der Waals surface area (Å²) in [6.07, 6.45) is -1.19. The SMILES string of the molecule is [2H]c1nc(N(CCC(=O)O)C(=O)c2ccc3c(c2)nc(CNc2ccc(C(=N)N)cc2)n3C([2H])([2H])[2H])c([2H])c([2H])c1[2H]. The van der Waals surface area contributed by atoms with E-state index < -0.39 is 61.9 Å². The van der Waals surface area contributed by atoms with Crippen molar-refractivity contribution in [3.63, 3.8) is 0 Å². The summed E-state index contributed by atoms with van der Waals surface area (Å²) < 4.78 is 56.8. The number of aryl methyl sites for hydroxylation is 1. The maximum absolute atomic E-state index is 13.6. The molecule has 0 aliphatic carbocycles. The molecule has 0 aliphatic heterocycles. The van der Waals surface area contributed by atoms with E-state index in [4.69, 9.17) is 20.7 Å². The fourth-order valence-corrected chi connectivity index (χ4v) is 3.35. The number of nitrogens with one attached hydrogen (secondary N) is 2. The molecule has 5 N–H and O–H groups in total. The van der Waals surface area contributed by atoms with Crippen LogP contribution >= 0.6 is 0 Å². The van der Waals surface area contributed by atoms with Gasteiger partial charge in [-0.25, -0.2) is 9.97 Å². The van der Waals surface area contributed by atoms with Gasteiger partial charge in [0.15, 0.2) is 0 Å². The summed E-state index contributed by atoms with van der Waals surface area (Å²) in [5, 5.41) is 19.8. The minimum absolute atomic E-state index is 0.00927. The van der Waals surface area contributed by atoms with E-state index in [0.717, 1.165) is 9.47 Å². The van der Waals surface area contributed by atoms with Gasteiger partial charge in [0.2, 0.25) is 0 Å². The van der Waals surface area contributed by atoms with Crippen molar-refractivity contribution >= 4 is 40.3 Å². The third kappa shape index (κ3) is 5.27. The molecule has 4 aromatic rings. The number of rotatable bonds is 9. The number of benzene rings is 2. The number of carboxylic acid groups (broad SMARTS) is 1. The molecule has 0 fully saturated rings. The topological polar surface area (TPSA) is 150 Å². The van der Waals surface area contributed by atoms with E-state index in [9.17, 15) is 14.7 Å². The van der Waals surface area contributed by atoms with Gasteiger partial charge in [-0.15, -0.1) is 0 Å². The van der Waals surface area contributed by atoms with Gasteiger partial charge in [-0.1, -0.05) is 6.04 Å². The van der Waals surface area contributed by atoms with E-state index in [2.05, 4.69) is 15.3 Å². The van der Waals surface area contributed by atoms with Gasteiger partial charge in [-0.05, 0) is 54.5 Å². The first kappa shape index (κ1) is 16.0. The molecule has 35 heavy (non-hydrogen) atoms. The van der Waals surface area contributed by atoms with E-state index in [1.165, 1.54) is 18.2 Å². The molecule has 0 saturated carbocycles. The number of amides is 1. The molecule has 10 nitrogen and oxygen atoms in total. The Labute approximate surface area is 211 Å². The first-order chi connectivity index (χ1) is 19.7. The molecule has 0 saturated heterocycles. The second kappa shape index (κ2) is 10.0. The van der Waals surface area contributed by atoms with Crippen LogP contribution in [0.5, 0.6) is 0 Å². The van der Waals surface area contributed by atoms with E-state index in [0.29, 0.717) is 11.3 Å². The fourth-order valence-electron chi connectivity index (χ4n) is 3.35. The van der Waals surface area contributed by atoms with E-state index in [-0.39, 0.29) is 34.8 Å². The Morgan fingerprint density at radius 1 is 1.23 bits per heavy atom. The zero-order chi connectivity index (χ0) is 30.9. The number of carboxylic acids is 1. The Bertz CT molecular complexity index is 1710. The molecule has 178 valence electrons. The molecular weight excluding hydrogens is 446 g/mol. The van der Waals surface area contributed by atoms with Gasteiger partial charge in [0, 0.05) is 40.6 Å². The zero-order valence-corrected chi connectivity index (χ0v) is 18.3. The van der Waals surface area contributed by atoms with Crippen molar-refractivity contribution in [3.05, 3.63) is 83.7 Å². The van der Waals surface area contributed by atoms with Gasteiger partial charge < -0.3 is 20.7 Å². The Morgan fingerprint density at radius 3 is 2.71 bits per heavy atom. The third-order valence-corrected chi connectivity index (χ3v) is 5.12. The summed E-state index contributed by atoms with van der Waals surface area (Å²) in [5.74, 6) is -2.47. The third-order valence-electron chi connectivity index (χ3n) is 5.12. The smallest absolute Gasteiger partial charge is 0.305 e. The summed E-state index contributed by atoms with van der Waals surface area (Å²) >= 11 is 0. The molecule has 2 aromatic heterocycles. The Balaban J connectivity index is 1.72. The maximum Gasteiger partial charge on any atom is 0.305 e. The number of aliphatic carboxylic acids is 1. The highest BCUT2D eigenvalue weighted by molar-refractivity contribution is 6.07. The van der Waals surface area contributed by atoms with Gasteiger partial charge >= 0.3 is 5.97 Å². The molecule has 0 aliphatic rings. The number of aromatic nitrogens is 3. The first-order valence-corrected chi connectivity index (χ1v) is 10.4. The van der Waals surface area contributed by atoms with Crippen molar-refractivity contribution in [2.75, 3.05) is 16.8 Å². The Morgan fingerprint density at radius 2 is 2.00 bits per heavy atom. The number of nitrogen functional groups attached to an aromatic ring is 1. The van der Waals surface area contributed by atoms with Crippen LogP contribution in [0, 0.1) is 5.41 Å². The molecule has 10 heteroatoms. The first-order valence-electron chi connectivity index (χ1n) is 13.9. The fraction of sp³-hybridized carbons (Fsp3) is 0.160. The number of pyridine rings is 1. The standard InChI is InChI=1S/C25H25N7O3/c1-31-20-10-7-17(25(35)32(13-11-23(33)34)21-4-2-3-12-28-21)14-19(20)30-22(31)15-29-18-8-5-16(6-9-18)24(26)27/h2-10,12,14,29H,11,13,15H2,1H3,(H3,26,27)(H,33,34)/i1D3,2D,3D,4D,12D. The second-order valence-corrected chi connectivity index (χ2v) is 7.43. The van der Waals surface area contributed by atoms with Gasteiger partial charge in [0.1, 0.15) is 17.5 Å². The minimum Gasteiger partial charge on any atom is -0.481 e. The monoisotopic (exact) mass is 478 g/mol. The number of nitrogens with two attached hydrogens (primary N) is 1. The highest BCUT2D eigenvalue weighted by Gasteiger charge is 2.21. The number of imidazole rings is 1. The van der Waals surface area contributed by atoms with Crippen LogP contribution in [0.15, 0.2) is 66.8 Å². The quantitative estimate of drug-likeness (QED) is 0.213. The predicted octanol–water partition coefficient (Wildman–Crippen LogP) is 2.99. The number of nitrogens with zero attached hydrogens (tertiary/aromatic N) is 4. The van der Waals surface area contributed by atoms with Crippen LogP contribution < -0.4 is 16.0 Å². The average molecular weight is 479 g/mol. The van der Waals surface area contributed by atoms with Crippen molar-refractivity contribution in [1.82, 2.24) is 14.5 Å². The molecule has 0 atom stereocenters. The lowest BCUT2D eigenvalue weighted by Gasteiger charge is -2.21. The Kier molecular flexibility index (Phi) is 4.59. The molecule has 2 heterocycles. The Hall–Kier alpha value is -4.73. The summed E-state index contributed by atoms with van der Waals surface area (Å²) in [6.45, 7) is -3.08. The van der Waals surface area contributed by atoms with E-state index >= 15 is 0 Å². The lowest BCUT2D eigenvalue weighted by atomic mass is 10.1. The van der Waals surface area contributed by atoms with Crippen molar-refractivity contribution < 1.29 is 24.3 Å². The second-order valence-electron chi connectivity index (χ2n) is 7.43. The summed E-state index contributed by atoms with van der Waals surface area (Å²) in [4.78, 5) is 34.0. The molecule has 1 amide bonds. The molecule has 2 aromatic carbocycles. The normalized spacial score (nSPS) is 14.0. The van der Waals surface area contributed by atoms with Gasteiger partial charge in [-0.3, -0.25) is 19.9 Å². The van der Waals surface area contributed by atoms with Crippen LogP contribution in [-0.4, -0.2) is 43.9 Å². The number of carbonyl (C=O) groups is 2. The molecule has 0 bridgehead atoms. The summed E-state index contributed by atoms with van der Waals surface area (Å²) in [5.41, 5.74) is 6.94. The summed E-state index contributed by atoms with van der Waals surface area (Å²) in [6, 6.07) is 8.78. The maximum atomic E-state index is 13.6. The van der Waals surface area contributed by atoms with Crippen LogP contribution in [0.4, 0.5) is 11.5 Å². The van der Waals surface area contributed by atoms with Crippen molar-refractivity contribution in [2.24, 2.45) is 12.7 Å². The van der Waals surface area contributed by atoms with Crippen molar-refractivity contribution in [2.45, 2.75) is 13.0 Å². The van der Waals surface area contributed by atoms with E-state index in [1.807, 2.05) is 0 Å². The molecule has 0 spiro atoms. The van der Waals surface area contributed by atoms with Crippen LogP contribution in [0.1, 0.15) is 37.8 Å². The number of carbonyl (C=O) groups excluding carboxylic acids is 1. The van der Waals surface area contributed by atoms with Crippen LogP contribution in [0.25, 0.3) is 11.0 Å². The number of amidine groups is 1. The van der Waals surface area contributed by atoms with Gasteiger partial charge in [0.05, 0.1) is 29.5 Å². The number of fused-ring (bicyclic) bond motifs is 1. The minimum atomic E-state index is -2.62. The van der Waals surface area contributed by atoms with E-state index in [1.54, 1.807) is 24.3 Å². The zero-order valence-electron chi connectivity index (χ0n) is 25.3. The average Bonchev–Trinajstić information content (AvgIpc) is 3.31. The highest BCUT2D eigenvalue weighted by Crippen LogP contribution is 2.21. The van der Waals surface area contributed by atoms with Crippen LogP contribution in [0.2, 0.25) is 0 Å². The number of anilines is 2.